The van der Waals surface area contributed by atoms with E-state index in [4.69, 9.17) is 10.5 Å². The molecule has 1 heterocycles. The number of nitrogen functional groups attached to an aromatic ring is 1. The second kappa shape index (κ2) is 4.73. The minimum absolute atomic E-state index is 0.0693. The van der Waals surface area contributed by atoms with Gasteiger partial charge in [0.2, 0.25) is 10.0 Å². The number of hydrogen-bond acceptors (Lipinski definition) is 4. The Labute approximate surface area is 112 Å². The molecule has 0 spiro atoms. The number of ether oxygens (including phenoxy) is 1. The number of morpholine rings is 1. The number of sulfonamides is 1. The maximum Gasteiger partial charge on any atom is 0.243 e. The first-order valence-corrected chi connectivity index (χ1v) is 7.35. The van der Waals surface area contributed by atoms with Crippen molar-refractivity contribution in [2.75, 3.05) is 25.5 Å². The van der Waals surface area contributed by atoms with Gasteiger partial charge in [-0.3, -0.25) is 0 Å². The van der Waals surface area contributed by atoms with Gasteiger partial charge in [-0.2, -0.15) is 4.31 Å². The highest BCUT2D eigenvalue weighted by atomic mass is 32.2. The molecule has 2 rings (SSSR count). The highest BCUT2D eigenvalue weighted by Crippen LogP contribution is 2.28. The number of benzene rings is 1. The van der Waals surface area contributed by atoms with Gasteiger partial charge in [0, 0.05) is 6.54 Å². The van der Waals surface area contributed by atoms with Gasteiger partial charge in [-0.05, 0) is 32.0 Å². The van der Waals surface area contributed by atoms with E-state index in [2.05, 4.69) is 0 Å². The zero-order chi connectivity index (χ0) is 14.3. The van der Waals surface area contributed by atoms with Gasteiger partial charge >= 0.3 is 0 Å². The Balaban J connectivity index is 2.44. The molecular weight excluding hydrogens is 271 g/mol. The van der Waals surface area contributed by atoms with Crippen LogP contribution in [0.25, 0.3) is 0 Å². The van der Waals surface area contributed by atoms with E-state index < -0.39 is 21.4 Å². The van der Waals surface area contributed by atoms with Crippen molar-refractivity contribution in [2.24, 2.45) is 0 Å². The van der Waals surface area contributed by atoms with E-state index in [1.807, 2.05) is 0 Å². The van der Waals surface area contributed by atoms with Gasteiger partial charge < -0.3 is 10.5 Å². The molecule has 1 aromatic rings. The maximum atomic E-state index is 13.4. The fourth-order valence-electron chi connectivity index (χ4n) is 2.09. The van der Waals surface area contributed by atoms with E-state index >= 15 is 0 Å². The standard InChI is InChI=1S/C12H17FN2O3S/c1-12(2)8-18-6-5-15(12)19(16,17)9-3-4-11(14)10(13)7-9/h3-4,7H,5-6,8,14H2,1-2H3. The van der Waals surface area contributed by atoms with Crippen molar-refractivity contribution >= 4 is 15.7 Å². The maximum absolute atomic E-state index is 13.4. The second-order valence-electron chi connectivity index (χ2n) is 5.13. The summed E-state index contributed by atoms with van der Waals surface area (Å²) in [5, 5.41) is 0. The summed E-state index contributed by atoms with van der Waals surface area (Å²) in [6.07, 6.45) is 0. The summed E-state index contributed by atoms with van der Waals surface area (Å²) in [5.74, 6) is -0.729. The average molecular weight is 288 g/mol. The molecule has 2 N–H and O–H groups in total. The lowest BCUT2D eigenvalue weighted by Crippen LogP contribution is -2.55. The molecule has 0 bridgehead atoms. The largest absolute Gasteiger partial charge is 0.396 e. The monoisotopic (exact) mass is 288 g/mol. The molecule has 1 aromatic carbocycles. The van der Waals surface area contributed by atoms with Crippen LogP contribution >= 0.6 is 0 Å². The van der Waals surface area contributed by atoms with Crippen molar-refractivity contribution in [3.05, 3.63) is 24.0 Å². The third kappa shape index (κ3) is 2.58. The Bertz CT molecular complexity index is 587. The van der Waals surface area contributed by atoms with Crippen molar-refractivity contribution in [1.29, 1.82) is 0 Å². The van der Waals surface area contributed by atoms with E-state index in [9.17, 15) is 12.8 Å². The van der Waals surface area contributed by atoms with Crippen LogP contribution in [0.15, 0.2) is 23.1 Å². The summed E-state index contributed by atoms with van der Waals surface area (Å²) < 4.78 is 45.1. The SMILES string of the molecule is CC1(C)COCCN1S(=O)(=O)c1ccc(N)c(F)c1. The van der Waals surface area contributed by atoms with Gasteiger partial charge in [0.15, 0.2) is 0 Å². The van der Waals surface area contributed by atoms with Crippen LogP contribution in [0.3, 0.4) is 0 Å². The quantitative estimate of drug-likeness (QED) is 0.830. The molecule has 106 valence electrons. The molecule has 0 unspecified atom stereocenters. The fraction of sp³-hybridized carbons (Fsp3) is 0.500. The van der Waals surface area contributed by atoms with Crippen LogP contribution in [-0.2, 0) is 14.8 Å². The number of anilines is 1. The van der Waals surface area contributed by atoms with E-state index in [0.717, 1.165) is 6.07 Å². The van der Waals surface area contributed by atoms with Gasteiger partial charge in [0.05, 0.1) is 29.3 Å². The Hall–Kier alpha value is -1.18. The molecule has 0 saturated carbocycles. The Morgan fingerprint density at radius 3 is 2.68 bits per heavy atom. The first-order valence-electron chi connectivity index (χ1n) is 5.91. The van der Waals surface area contributed by atoms with Crippen molar-refractivity contribution in [1.82, 2.24) is 4.31 Å². The molecule has 0 radical (unpaired) electrons. The summed E-state index contributed by atoms with van der Waals surface area (Å²) in [6.45, 7) is 4.44. The van der Waals surface area contributed by atoms with Crippen LogP contribution in [0, 0.1) is 5.82 Å². The van der Waals surface area contributed by atoms with Crippen molar-refractivity contribution in [3.8, 4) is 0 Å². The first-order chi connectivity index (χ1) is 8.75. The van der Waals surface area contributed by atoms with Crippen LogP contribution in [0.2, 0.25) is 0 Å². The van der Waals surface area contributed by atoms with Crippen LogP contribution in [0.5, 0.6) is 0 Å². The summed E-state index contributed by atoms with van der Waals surface area (Å²) in [5.41, 5.74) is 4.63. The lowest BCUT2D eigenvalue weighted by Gasteiger charge is -2.40. The Kier molecular flexibility index (Phi) is 3.55. The second-order valence-corrected chi connectivity index (χ2v) is 6.99. The van der Waals surface area contributed by atoms with E-state index in [0.29, 0.717) is 13.2 Å². The van der Waals surface area contributed by atoms with E-state index in [1.54, 1.807) is 13.8 Å². The smallest absolute Gasteiger partial charge is 0.243 e. The van der Waals surface area contributed by atoms with Gasteiger partial charge in [-0.25, -0.2) is 12.8 Å². The van der Waals surface area contributed by atoms with Crippen molar-refractivity contribution < 1.29 is 17.5 Å². The molecular formula is C12H17FN2O3S. The molecule has 0 amide bonds. The van der Waals surface area contributed by atoms with Gasteiger partial charge in [0.25, 0.3) is 0 Å². The number of rotatable bonds is 2. The Morgan fingerprint density at radius 2 is 2.11 bits per heavy atom. The zero-order valence-electron chi connectivity index (χ0n) is 10.9. The molecule has 1 saturated heterocycles. The average Bonchev–Trinajstić information content (AvgIpc) is 2.31. The first kappa shape index (κ1) is 14.2. The zero-order valence-corrected chi connectivity index (χ0v) is 11.7. The molecule has 1 aliphatic rings. The van der Waals surface area contributed by atoms with Gasteiger partial charge in [-0.1, -0.05) is 0 Å². The van der Waals surface area contributed by atoms with Crippen molar-refractivity contribution in [2.45, 2.75) is 24.3 Å². The normalized spacial score (nSPS) is 20.4. The van der Waals surface area contributed by atoms with E-state index in [-0.39, 0.29) is 17.1 Å². The van der Waals surface area contributed by atoms with Crippen LogP contribution in [0.4, 0.5) is 10.1 Å². The molecule has 0 aromatic heterocycles. The predicted molar refractivity (Wildman–Crippen MR) is 69.6 cm³/mol. The molecule has 1 aliphatic heterocycles. The highest BCUT2D eigenvalue weighted by Gasteiger charge is 2.39. The molecule has 5 nitrogen and oxygen atoms in total. The number of halogens is 1. The molecule has 1 fully saturated rings. The van der Waals surface area contributed by atoms with Crippen LogP contribution < -0.4 is 5.73 Å². The van der Waals surface area contributed by atoms with E-state index in [1.165, 1.54) is 16.4 Å². The minimum Gasteiger partial charge on any atom is -0.396 e. The topological polar surface area (TPSA) is 72.6 Å². The molecule has 0 atom stereocenters. The number of nitrogens with two attached hydrogens (primary N) is 1. The van der Waals surface area contributed by atoms with Crippen LogP contribution in [0.1, 0.15) is 13.8 Å². The molecule has 7 heteroatoms. The summed E-state index contributed by atoms with van der Waals surface area (Å²) in [6, 6.07) is 3.53. The van der Waals surface area contributed by atoms with Crippen LogP contribution in [-0.4, -0.2) is 38.0 Å². The highest BCUT2D eigenvalue weighted by molar-refractivity contribution is 7.89. The van der Waals surface area contributed by atoms with Gasteiger partial charge in [0.1, 0.15) is 5.82 Å². The summed E-state index contributed by atoms with van der Waals surface area (Å²) >= 11 is 0. The lowest BCUT2D eigenvalue weighted by atomic mass is 10.1. The molecule has 19 heavy (non-hydrogen) atoms. The summed E-state index contributed by atoms with van der Waals surface area (Å²) in [4.78, 5) is -0.0887. The summed E-state index contributed by atoms with van der Waals surface area (Å²) in [7, 11) is -3.75. The fourth-order valence-corrected chi connectivity index (χ4v) is 3.85. The third-order valence-electron chi connectivity index (χ3n) is 3.13. The Morgan fingerprint density at radius 1 is 1.42 bits per heavy atom. The number of nitrogens with zero attached hydrogens (tertiary/aromatic N) is 1. The lowest BCUT2D eigenvalue weighted by molar-refractivity contribution is -0.00771. The minimum atomic E-state index is -3.75. The third-order valence-corrected chi connectivity index (χ3v) is 5.24. The number of hydrogen-bond donors (Lipinski definition) is 1. The van der Waals surface area contributed by atoms with Crippen molar-refractivity contribution in [3.63, 3.8) is 0 Å². The predicted octanol–water partition coefficient (Wildman–Crippen LogP) is 1.21. The molecule has 0 aliphatic carbocycles. The van der Waals surface area contributed by atoms with Gasteiger partial charge in [-0.15, -0.1) is 0 Å².